The monoisotopic (exact) mass is 620 g/mol. The number of ether oxygens (including phenoxy) is 4. The molecule has 3 aliphatic heterocycles. The minimum absolute atomic E-state index is 0.0559. The molecule has 3 spiro atoms. The topological polar surface area (TPSA) is 138 Å². The first-order chi connectivity index (χ1) is 20.4. The summed E-state index contributed by atoms with van der Waals surface area (Å²) in [4.78, 5) is 0. The van der Waals surface area contributed by atoms with Gasteiger partial charge in [-0.3, -0.25) is 0 Å². The van der Waals surface area contributed by atoms with Crippen LogP contribution in [-0.2, 0) is 18.9 Å². The van der Waals surface area contributed by atoms with E-state index in [1.165, 1.54) is 6.42 Å². The summed E-state index contributed by atoms with van der Waals surface area (Å²) >= 11 is 0. The summed E-state index contributed by atoms with van der Waals surface area (Å²) in [5.41, 5.74) is -1.39. The molecule has 0 radical (unpaired) electrons. The molecule has 17 atom stereocenters. The Morgan fingerprint density at radius 1 is 0.841 bits per heavy atom. The lowest BCUT2D eigenvalue weighted by atomic mass is 9.41. The molecule has 2 bridgehead atoms. The van der Waals surface area contributed by atoms with Gasteiger partial charge in [0.15, 0.2) is 12.1 Å². The van der Waals surface area contributed by atoms with Crippen LogP contribution in [0.2, 0.25) is 0 Å². The van der Waals surface area contributed by atoms with E-state index in [2.05, 4.69) is 34.6 Å². The largest absolute Gasteiger partial charge is 0.388 e. The molecule has 3 heterocycles. The number of rotatable bonds is 3. The number of hydrogen-bond acceptors (Lipinski definition) is 9. The van der Waals surface area contributed by atoms with Crippen LogP contribution in [0.15, 0.2) is 0 Å². The Kier molecular flexibility index (Phi) is 6.33. The molecular weight excluding hydrogens is 564 g/mol. The third-order valence-corrected chi connectivity index (χ3v) is 15.9. The van der Waals surface area contributed by atoms with E-state index >= 15 is 0 Å². The summed E-state index contributed by atoms with van der Waals surface area (Å²) in [6, 6.07) is 0. The molecule has 5 N–H and O–H groups in total. The Morgan fingerprint density at radius 3 is 2.23 bits per heavy atom. The van der Waals surface area contributed by atoms with Gasteiger partial charge < -0.3 is 44.5 Å². The van der Waals surface area contributed by atoms with Gasteiger partial charge in [0.25, 0.3) is 0 Å². The van der Waals surface area contributed by atoms with Crippen molar-refractivity contribution in [1.29, 1.82) is 0 Å². The molecule has 0 amide bonds. The van der Waals surface area contributed by atoms with Crippen LogP contribution in [0.5, 0.6) is 0 Å². The number of aliphatic hydroxyl groups excluding tert-OH is 4. The maximum Gasteiger partial charge on any atom is 0.199 e. The quantitative estimate of drug-likeness (QED) is 0.301. The van der Waals surface area contributed by atoms with E-state index in [0.717, 1.165) is 44.9 Å². The fraction of sp³-hybridized carbons (Fsp3) is 1.00. The van der Waals surface area contributed by atoms with Gasteiger partial charge in [0.1, 0.15) is 30.5 Å². The molecule has 5 saturated carbocycles. The average Bonchev–Trinajstić information content (AvgIpc) is 3.45. The molecule has 9 nitrogen and oxygen atoms in total. The van der Waals surface area contributed by atoms with E-state index in [1.54, 1.807) is 13.8 Å². The van der Waals surface area contributed by atoms with Gasteiger partial charge in [-0.1, -0.05) is 34.6 Å². The van der Waals surface area contributed by atoms with Crippen molar-refractivity contribution in [1.82, 2.24) is 0 Å². The molecule has 250 valence electrons. The zero-order chi connectivity index (χ0) is 31.6. The van der Waals surface area contributed by atoms with Crippen LogP contribution in [0.3, 0.4) is 0 Å². The van der Waals surface area contributed by atoms with Crippen molar-refractivity contribution in [3.05, 3.63) is 0 Å². The highest BCUT2D eigenvalue weighted by Crippen LogP contribution is 2.90. The lowest BCUT2D eigenvalue weighted by Crippen LogP contribution is -2.61. The molecule has 2 unspecified atom stereocenters. The maximum atomic E-state index is 12.7. The zero-order valence-corrected chi connectivity index (χ0v) is 27.7. The minimum atomic E-state index is -1.28. The predicted molar refractivity (Wildman–Crippen MR) is 159 cm³/mol. The van der Waals surface area contributed by atoms with E-state index in [4.69, 9.17) is 18.9 Å². The summed E-state index contributed by atoms with van der Waals surface area (Å²) in [7, 11) is 0. The highest BCUT2D eigenvalue weighted by Gasteiger charge is 2.88. The van der Waals surface area contributed by atoms with Gasteiger partial charge >= 0.3 is 0 Å². The van der Waals surface area contributed by atoms with Crippen molar-refractivity contribution in [3.63, 3.8) is 0 Å². The zero-order valence-electron chi connectivity index (χ0n) is 27.7. The average molecular weight is 621 g/mol. The maximum absolute atomic E-state index is 12.7. The van der Waals surface area contributed by atoms with Crippen LogP contribution in [-0.4, -0.2) is 92.5 Å². The van der Waals surface area contributed by atoms with Crippen LogP contribution in [0.25, 0.3) is 0 Å². The molecule has 8 fully saturated rings. The Labute approximate surface area is 262 Å². The Bertz CT molecular complexity index is 1200. The molecule has 5 aliphatic carbocycles. The van der Waals surface area contributed by atoms with Crippen molar-refractivity contribution in [2.75, 3.05) is 6.61 Å². The Morgan fingerprint density at radius 2 is 1.52 bits per heavy atom. The lowest BCUT2D eigenvalue weighted by Gasteiger charge is -2.63. The molecular formula is C35H56O9. The summed E-state index contributed by atoms with van der Waals surface area (Å²) in [5, 5.41) is 54.5. The second-order valence-corrected chi connectivity index (χ2v) is 18.3. The van der Waals surface area contributed by atoms with Gasteiger partial charge in [-0.2, -0.15) is 0 Å². The summed E-state index contributed by atoms with van der Waals surface area (Å²) < 4.78 is 25.8. The van der Waals surface area contributed by atoms with Crippen LogP contribution in [0.1, 0.15) is 99.8 Å². The van der Waals surface area contributed by atoms with Gasteiger partial charge in [0.2, 0.25) is 0 Å². The van der Waals surface area contributed by atoms with E-state index < -0.39 is 48.2 Å². The van der Waals surface area contributed by atoms with Gasteiger partial charge in [-0.15, -0.1) is 0 Å². The van der Waals surface area contributed by atoms with Crippen molar-refractivity contribution in [2.24, 2.45) is 50.7 Å². The summed E-state index contributed by atoms with van der Waals surface area (Å²) in [5.74, 6) is 0.108. The summed E-state index contributed by atoms with van der Waals surface area (Å²) in [6.45, 7) is 15.2. The molecule has 0 aromatic rings. The molecule has 8 rings (SSSR count). The molecule has 8 aliphatic rings. The molecule has 0 aromatic heterocycles. The Balaban J connectivity index is 1.10. The third-order valence-electron chi connectivity index (χ3n) is 15.9. The van der Waals surface area contributed by atoms with E-state index in [-0.39, 0.29) is 51.8 Å². The normalized spacial score (nSPS) is 62.2. The van der Waals surface area contributed by atoms with Crippen molar-refractivity contribution < 1.29 is 44.5 Å². The highest BCUT2D eigenvalue weighted by atomic mass is 16.8. The molecule has 3 saturated heterocycles. The fourth-order valence-electron chi connectivity index (χ4n) is 14.0. The highest BCUT2D eigenvalue weighted by molar-refractivity contribution is 5.34. The van der Waals surface area contributed by atoms with Gasteiger partial charge in [-0.05, 0) is 105 Å². The first-order valence-electron chi connectivity index (χ1n) is 17.5. The number of hydrogen-bond donors (Lipinski definition) is 5. The molecule has 9 heteroatoms. The van der Waals surface area contributed by atoms with Crippen LogP contribution >= 0.6 is 0 Å². The van der Waals surface area contributed by atoms with Crippen molar-refractivity contribution >= 4 is 0 Å². The second kappa shape index (κ2) is 9.00. The summed E-state index contributed by atoms with van der Waals surface area (Å²) in [6.07, 6.45) is 2.00. The predicted octanol–water partition coefficient (Wildman–Crippen LogP) is 3.12. The number of aliphatic hydroxyl groups is 5. The molecule has 0 aromatic carbocycles. The SMILES string of the molecule is C[C@@H]1C[C@H]2OC3(O[C@@H]2C(C)(C)O)C(O)[C@@]2(C)[C@@H]4CC[C@H]5C(C)(C)[C@@H](O[C@@H]6OC[C@H](O)[C@H](O)[C@H]6O)CC[C@@]56C[C@@]46CC[C@]2(C)[C@@H]13. The number of fused-ring (bicyclic) bond motifs is 4. The van der Waals surface area contributed by atoms with Gasteiger partial charge in [-0.25, -0.2) is 0 Å². The van der Waals surface area contributed by atoms with E-state index in [0.29, 0.717) is 17.8 Å². The van der Waals surface area contributed by atoms with Crippen LogP contribution in [0, 0.1) is 50.7 Å². The van der Waals surface area contributed by atoms with Gasteiger partial charge in [0.05, 0.1) is 24.4 Å². The smallest absolute Gasteiger partial charge is 0.199 e. The van der Waals surface area contributed by atoms with E-state index in [1.807, 2.05) is 0 Å². The second-order valence-electron chi connectivity index (χ2n) is 18.3. The minimum Gasteiger partial charge on any atom is -0.388 e. The van der Waals surface area contributed by atoms with Crippen LogP contribution in [0.4, 0.5) is 0 Å². The Hall–Kier alpha value is -0.360. The third kappa shape index (κ3) is 3.38. The lowest BCUT2D eigenvalue weighted by molar-refractivity contribution is -0.303. The van der Waals surface area contributed by atoms with E-state index in [9.17, 15) is 25.5 Å². The van der Waals surface area contributed by atoms with Crippen LogP contribution < -0.4 is 0 Å². The first-order valence-corrected chi connectivity index (χ1v) is 17.5. The first kappa shape index (κ1) is 30.9. The standard InChI is InChI=1S/C35H56O9/c1-17-14-19-26(30(4,5)40)44-35(43-19)25(17)31(6)12-13-34-16-33(34)11-10-22(42-27-24(38)23(37)18(36)15-41-27)29(2,3)20(33)8-9-21(34)32(31,7)28(35)39/h17-28,36-40H,8-16H2,1-7H3/t17-,18+,19-,20+,21+,22+,23+,24-,25-,26+,27+,28?,31-,32-,33-,34+,35?/m1/s1. The van der Waals surface area contributed by atoms with Crippen molar-refractivity contribution in [2.45, 2.75) is 160 Å². The van der Waals surface area contributed by atoms with Crippen molar-refractivity contribution in [3.8, 4) is 0 Å². The fourth-order valence-corrected chi connectivity index (χ4v) is 14.0. The molecule has 44 heavy (non-hydrogen) atoms. The van der Waals surface area contributed by atoms with Gasteiger partial charge in [0, 0.05) is 11.3 Å².